The van der Waals surface area contributed by atoms with Crippen molar-refractivity contribution in [3.63, 3.8) is 0 Å². The van der Waals surface area contributed by atoms with Crippen LogP contribution in [0.5, 0.6) is 0 Å². The summed E-state index contributed by atoms with van der Waals surface area (Å²) in [4.78, 5) is 23.2. The number of hydrogen-bond donors (Lipinski definition) is 1. The molecule has 6 nitrogen and oxygen atoms in total. The molecule has 1 fully saturated rings. The maximum atomic E-state index is 12.0. The second-order valence-electron chi connectivity index (χ2n) is 5.99. The molecule has 1 N–H and O–H groups in total. The Labute approximate surface area is 138 Å². The van der Waals surface area contributed by atoms with Crippen molar-refractivity contribution in [2.75, 3.05) is 26.4 Å². The molecule has 0 aromatic heterocycles. The van der Waals surface area contributed by atoms with Crippen molar-refractivity contribution in [2.24, 2.45) is 0 Å². The van der Waals surface area contributed by atoms with Crippen molar-refractivity contribution in [3.05, 3.63) is 12.2 Å². The zero-order valence-corrected chi connectivity index (χ0v) is 14.3. The predicted molar refractivity (Wildman–Crippen MR) is 87.2 cm³/mol. The Morgan fingerprint density at radius 3 is 2.57 bits per heavy atom. The van der Waals surface area contributed by atoms with Crippen molar-refractivity contribution < 1.29 is 23.8 Å². The van der Waals surface area contributed by atoms with Gasteiger partial charge in [-0.05, 0) is 19.8 Å². The number of rotatable bonds is 9. The molecule has 1 rings (SSSR count). The fourth-order valence-corrected chi connectivity index (χ4v) is 2.50. The number of alkyl carbamates (subject to hydrolysis) is 1. The molecule has 0 unspecified atom stereocenters. The van der Waals surface area contributed by atoms with Crippen LogP contribution in [0.15, 0.2) is 12.2 Å². The van der Waals surface area contributed by atoms with Crippen LogP contribution in [0.4, 0.5) is 4.79 Å². The average Bonchev–Trinajstić information content (AvgIpc) is 2.52. The second-order valence-corrected chi connectivity index (χ2v) is 5.99. The molecule has 1 aliphatic heterocycles. The van der Waals surface area contributed by atoms with Gasteiger partial charge >= 0.3 is 12.1 Å². The second kappa shape index (κ2) is 10.3. The predicted octanol–water partition coefficient (Wildman–Crippen LogP) is 2.96. The van der Waals surface area contributed by atoms with Crippen molar-refractivity contribution in [1.82, 2.24) is 5.32 Å². The van der Waals surface area contributed by atoms with Crippen LogP contribution in [-0.2, 0) is 19.0 Å². The minimum Gasteiger partial charge on any atom is -0.460 e. The smallest absolute Gasteiger partial charge is 0.407 e. The van der Waals surface area contributed by atoms with Gasteiger partial charge in [0.05, 0.1) is 19.8 Å². The number of amides is 1. The van der Waals surface area contributed by atoms with Gasteiger partial charge in [0.15, 0.2) is 0 Å². The zero-order chi connectivity index (χ0) is 17.1. The van der Waals surface area contributed by atoms with Crippen LogP contribution in [0, 0.1) is 0 Å². The summed E-state index contributed by atoms with van der Waals surface area (Å²) in [5, 5.41) is 2.63. The van der Waals surface area contributed by atoms with Crippen molar-refractivity contribution >= 4 is 12.1 Å². The number of nitrogens with one attached hydrogen (secondary N) is 1. The highest BCUT2D eigenvalue weighted by Crippen LogP contribution is 2.31. The maximum Gasteiger partial charge on any atom is 0.407 e. The Hall–Kier alpha value is -1.56. The number of esters is 1. The van der Waals surface area contributed by atoms with E-state index in [2.05, 4.69) is 18.8 Å². The normalized spacial score (nSPS) is 16.4. The van der Waals surface area contributed by atoms with Gasteiger partial charge in [-0.2, -0.15) is 0 Å². The minimum absolute atomic E-state index is 0.104. The van der Waals surface area contributed by atoms with E-state index in [0.717, 1.165) is 38.5 Å². The maximum absolute atomic E-state index is 12.0. The molecule has 1 saturated heterocycles. The third-order valence-corrected chi connectivity index (χ3v) is 3.90. The molecule has 1 heterocycles. The van der Waals surface area contributed by atoms with Crippen LogP contribution in [0.25, 0.3) is 0 Å². The van der Waals surface area contributed by atoms with Crippen LogP contribution in [0.3, 0.4) is 0 Å². The monoisotopic (exact) mass is 327 g/mol. The van der Waals surface area contributed by atoms with E-state index in [1.165, 1.54) is 0 Å². The number of ether oxygens (including phenoxy) is 3. The van der Waals surface area contributed by atoms with Gasteiger partial charge in [-0.3, -0.25) is 0 Å². The first-order valence-electron chi connectivity index (χ1n) is 8.36. The van der Waals surface area contributed by atoms with Gasteiger partial charge in [-0.15, -0.1) is 0 Å². The summed E-state index contributed by atoms with van der Waals surface area (Å²) in [6, 6.07) is 0. The van der Waals surface area contributed by atoms with E-state index >= 15 is 0 Å². The van der Waals surface area contributed by atoms with E-state index in [0.29, 0.717) is 18.8 Å². The van der Waals surface area contributed by atoms with Gasteiger partial charge in [-0.1, -0.05) is 26.3 Å². The van der Waals surface area contributed by atoms with Crippen LogP contribution < -0.4 is 5.32 Å². The standard InChI is InChI=1S/C17H29NO5/c1-4-5-6-7-17(8-11-21-12-9-17)23-16(20)18-10-13-22-15(19)14(2)3/h2,4-13H2,1,3H3,(H,18,20). The minimum atomic E-state index is -0.463. The van der Waals surface area contributed by atoms with Gasteiger partial charge in [0.2, 0.25) is 0 Å². The van der Waals surface area contributed by atoms with Gasteiger partial charge < -0.3 is 19.5 Å². The highest BCUT2D eigenvalue weighted by Gasteiger charge is 2.35. The lowest BCUT2D eigenvalue weighted by molar-refractivity contribution is -0.138. The topological polar surface area (TPSA) is 73.9 Å². The van der Waals surface area contributed by atoms with E-state index in [9.17, 15) is 9.59 Å². The average molecular weight is 327 g/mol. The fourth-order valence-electron chi connectivity index (χ4n) is 2.50. The molecule has 0 aromatic carbocycles. The van der Waals surface area contributed by atoms with E-state index in [-0.39, 0.29) is 13.2 Å². The summed E-state index contributed by atoms with van der Waals surface area (Å²) in [5.41, 5.74) is -0.0871. The molecule has 0 spiro atoms. The SMILES string of the molecule is C=C(C)C(=O)OCCNC(=O)OC1(CCCCC)CCOCC1. The quantitative estimate of drug-likeness (QED) is 0.400. The van der Waals surface area contributed by atoms with Crippen LogP contribution >= 0.6 is 0 Å². The molecule has 1 aliphatic rings. The summed E-state index contributed by atoms with van der Waals surface area (Å²) in [7, 11) is 0. The van der Waals surface area contributed by atoms with E-state index < -0.39 is 17.7 Å². The van der Waals surface area contributed by atoms with Gasteiger partial charge in [0.1, 0.15) is 12.2 Å². The molecule has 132 valence electrons. The van der Waals surface area contributed by atoms with E-state index in [4.69, 9.17) is 14.2 Å². The summed E-state index contributed by atoms with van der Waals surface area (Å²) in [5.74, 6) is -0.458. The molecule has 0 aromatic rings. The number of unbranched alkanes of at least 4 members (excludes halogenated alkanes) is 2. The van der Waals surface area contributed by atoms with Crippen molar-refractivity contribution in [1.29, 1.82) is 0 Å². The molecule has 0 atom stereocenters. The first-order chi connectivity index (χ1) is 11.0. The third-order valence-electron chi connectivity index (χ3n) is 3.90. The van der Waals surface area contributed by atoms with Gasteiger partial charge in [0.25, 0.3) is 0 Å². The molecule has 0 aliphatic carbocycles. The zero-order valence-electron chi connectivity index (χ0n) is 14.3. The molecule has 1 amide bonds. The first kappa shape index (κ1) is 19.5. The molecule has 6 heteroatoms. The molecule has 0 bridgehead atoms. The Morgan fingerprint density at radius 2 is 1.96 bits per heavy atom. The lowest BCUT2D eigenvalue weighted by Gasteiger charge is -2.36. The number of hydrogen-bond acceptors (Lipinski definition) is 5. The molecule has 23 heavy (non-hydrogen) atoms. The number of carbonyl (C=O) groups excluding carboxylic acids is 2. The highest BCUT2D eigenvalue weighted by atomic mass is 16.6. The van der Waals surface area contributed by atoms with Gasteiger partial charge in [-0.25, -0.2) is 9.59 Å². The Balaban J connectivity index is 2.35. The lowest BCUT2D eigenvalue weighted by Crippen LogP contribution is -2.44. The summed E-state index contributed by atoms with van der Waals surface area (Å²) >= 11 is 0. The fraction of sp³-hybridized carbons (Fsp3) is 0.765. The Morgan fingerprint density at radius 1 is 1.26 bits per heavy atom. The summed E-state index contributed by atoms with van der Waals surface area (Å²) in [6.07, 6.45) is 5.16. The Kier molecular flexibility index (Phi) is 8.69. The molecular formula is C17H29NO5. The molecular weight excluding hydrogens is 298 g/mol. The largest absolute Gasteiger partial charge is 0.460 e. The Bertz CT molecular complexity index is 402. The van der Waals surface area contributed by atoms with Crippen LogP contribution in [0.2, 0.25) is 0 Å². The lowest BCUT2D eigenvalue weighted by atomic mass is 9.88. The van der Waals surface area contributed by atoms with E-state index in [1.54, 1.807) is 6.92 Å². The number of carbonyl (C=O) groups is 2. The summed E-state index contributed by atoms with van der Waals surface area (Å²) < 4.78 is 16.0. The molecule has 0 saturated carbocycles. The molecule has 0 radical (unpaired) electrons. The first-order valence-corrected chi connectivity index (χ1v) is 8.36. The van der Waals surface area contributed by atoms with E-state index in [1.807, 2.05) is 0 Å². The van der Waals surface area contributed by atoms with Crippen molar-refractivity contribution in [3.8, 4) is 0 Å². The van der Waals surface area contributed by atoms with Crippen LogP contribution in [-0.4, -0.2) is 44.0 Å². The third kappa shape index (κ3) is 7.50. The highest BCUT2D eigenvalue weighted by molar-refractivity contribution is 5.86. The van der Waals surface area contributed by atoms with Crippen LogP contribution in [0.1, 0.15) is 52.4 Å². The van der Waals surface area contributed by atoms with Crippen molar-refractivity contribution in [2.45, 2.75) is 58.0 Å². The van der Waals surface area contributed by atoms with Gasteiger partial charge in [0, 0.05) is 18.4 Å². The summed E-state index contributed by atoms with van der Waals surface area (Å²) in [6.45, 7) is 8.79.